The Morgan fingerprint density at radius 3 is 2.85 bits per heavy atom. The van der Waals surface area contributed by atoms with E-state index in [1.54, 1.807) is 23.1 Å². The quantitative estimate of drug-likeness (QED) is 0.699. The van der Waals surface area contributed by atoms with E-state index in [0.717, 1.165) is 5.01 Å². The molecule has 0 saturated carbocycles. The Kier molecular flexibility index (Phi) is 2.66. The van der Waals surface area contributed by atoms with Crippen LogP contribution in [0.3, 0.4) is 0 Å². The summed E-state index contributed by atoms with van der Waals surface area (Å²) < 4.78 is 0. The van der Waals surface area contributed by atoms with E-state index >= 15 is 0 Å². The molecule has 0 radical (unpaired) electrons. The molecule has 0 amide bonds. The lowest BCUT2D eigenvalue weighted by Crippen LogP contribution is -1.78. The molecule has 2 rings (SSSR count). The van der Waals surface area contributed by atoms with E-state index in [1.165, 1.54) is 10.5 Å². The van der Waals surface area contributed by atoms with Crippen LogP contribution in [0.5, 0.6) is 0 Å². The maximum atomic E-state index is 4.30. The number of hydrogen-bond donors (Lipinski definition) is 0. The largest absolute Gasteiger partial charge is 0.245 e. The Morgan fingerprint density at radius 1 is 1.31 bits per heavy atom. The molecule has 0 aliphatic rings. The maximum absolute atomic E-state index is 4.30. The van der Waals surface area contributed by atoms with Crippen LogP contribution in [0, 0.1) is 0 Å². The molecule has 1 aromatic carbocycles. The fraction of sp³-hybridized carbons (Fsp3) is 0.100. The number of nitrogens with zero attached hydrogens (tertiary/aromatic N) is 1. The highest BCUT2D eigenvalue weighted by atomic mass is 32.2. The van der Waals surface area contributed by atoms with Crippen molar-refractivity contribution in [2.45, 2.75) is 4.90 Å². The zero-order chi connectivity index (χ0) is 9.10. The lowest BCUT2D eigenvalue weighted by atomic mass is 10.2. The molecule has 66 valence electrons. The molecule has 2 aromatic rings. The molecule has 0 N–H and O–H groups in total. The minimum Gasteiger partial charge on any atom is -0.245 e. The molecule has 0 aliphatic carbocycles. The van der Waals surface area contributed by atoms with Crippen LogP contribution in [-0.2, 0) is 0 Å². The highest BCUT2D eigenvalue weighted by Crippen LogP contribution is 2.30. The summed E-state index contributed by atoms with van der Waals surface area (Å²) in [6, 6.07) is 8.35. The van der Waals surface area contributed by atoms with E-state index < -0.39 is 0 Å². The highest BCUT2D eigenvalue weighted by Gasteiger charge is 2.04. The number of hydrogen-bond acceptors (Lipinski definition) is 3. The molecule has 13 heavy (non-hydrogen) atoms. The van der Waals surface area contributed by atoms with Crippen LogP contribution in [0.15, 0.2) is 40.7 Å². The molecule has 0 bridgehead atoms. The molecule has 0 unspecified atom stereocenters. The summed E-state index contributed by atoms with van der Waals surface area (Å²) in [5.41, 5.74) is 1.24. The van der Waals surface area contributed by atoms with Gasteiger partial charge in [0, 0.05) is 22.0 Å². The zero-order valence-corrected chi connectivity index (χ0v) is 8.86. The van der Waals surface area contributed by atoms with Gasteiger partial charge in [-0.15, -0.1) is 23.1 Å². The van der Waals surface area contributed by atoms with Crippen LogP contribution < -0.4 is 0 Å². The van der Waals surface area contributed by atoms with Gasteiger partial charge in [-0.3, -0.25) is 0 Å². The van der Waals surface area contributed by atoms with Crippen molar-refractivity contribution in [3.63, 3.8) is 0 Å². The molecule has 3 heteroatoms. The first-order valence-corrected chi connectivity index (χ1v) is 6.05. The first-order valence-electron chi connectivity index (χ1n) is 3.94. The second kappa shape index (κ2) is 3.94. The summed E-state index contributed by atoms with van der Waals surface area (Å²) in [5.74, 6) is 0. The van der Waals surface area contributed by atoms with Crippen molar-refractivity contribution < 1.29 is 0 Å². The van der Waals surface area contributed by atoms with E-state index in [-0.39, 0.29) is 0 Å². The first kappa shape index (κ1) is 8.78. The van der Waals surface area contributed by atoms with Gasteiger partial charge < -0.3 is 0 Å². The van der Waals surface area contributed by atoms with E-state index in [1.807, 2.05) is 11.6 Å². The molecule has 0 saturated heterocycles. The average Bonchev–Trinajstić information content (AvgIpc) is 2.70. The molecule has 0 fully saturated rings. The van der Waals surface area contributed by atoms with E-state index in [9.17, 15) is 0 Å². The van der Waals surface area contributed by atoms with E-state index in [2.05, 4.69) is 35.5 Å². The van der Waals surface area contributed by atoms with Gasteiger partial charge in [-0.1, -0.05) is 18.2 Å². The first-order chi connectivity index (χ1) is 6.42. The van der Waals surface area contributed by atoms with E-state index in [4.69, 9.17) is 0 Å². The van der Waals surface area contributed by atoms with Crippen molar-refractivity contribution in [2.24, 2.45) is 0 Å². The topological polar surface area (TPSA) is 12.9 Å². The van der Waals surface area contributed by atoms with Crippen LogP contribution in [-0.4, -0.2) is 11.2 Å². The van der Waals surface area contributed by atoms with Gasteiger partial charge in [0.25, 0.3) is 0 Å². The Labute approximate surface area is 85.8 Å². The average molecular weight is 207 g/mol. The predicted molar refractivity (Wildman–Crippen MR) is 59.3 cm³/mol. The molecule has 1 heterocycles. The van der Waals surface area contributed by atoms with Crippen molar-refractivity contribution in [1.82, 2.24) is 4.98 Å². The lowest BCUT2D eigenvalue weighted by Gasteiger charge is -2.02. The molecular formula is C10H9NS2. The van der Waals surface area contributed by atoms with Crippen LogP contribution >= 0.6 is 23.1 Å². The second-order valence-electron chi connectivity index (χ2n) is 2.54. The number of thiazole rings is 1. The van der Waals surface area contributed by atoms with Gasteiger partial charge >= 0.3 is 0 Å². The summed E-state index contributed by atoms with van der Waals surface area (Å²) >= 11 is 3.44. The van der Waals surface area contributed by atoms with Gasteiger partial charge in [0.2, 0.25) is 0 Å². The summed E-state index contributed by atoms with van der Waals surface area (Å²) in [4.78, 5) is 5.59. The molecule has 1 nitrogen and oxygen atoms in total. The highest BCUT2D eigenvalue weighted by molar-refractivity contribution is 7.98. The fourth-order valence-electron chi connectivity index (χ4n) is 1.18. The fourth-order valence-corrected chi connectivity index (χ4v) is 2.52. The Morgan fingerprint density at radius 2 is 2.15 bits per heavy atom. The van der Waals surface area contributed by atoms with E-state index in [0.29, 0.717) is 0 Å². The van der Waals surface area contributed by atoms with Crippen LogP contribution in [0.25, 0.3) is 10.6 Å². The van der Waals surface area contributed by atoms with Crippen LogP contribution in [0.1, 0.15) is 0 Å². The normalized spacial score (nSPS) is 10.2. The summed E-state index contributed by atoms with van der Waals surface area (Å²) in [5, 5.41) is 3.11. The molecule has 0 spiro atoms. The lowest BCUT2D eigenvalue weighted by molar-refractivity contribution is 1.37. The van der Waals surface area contributed by atoms with Crippen LogP contribution in [0.2, 0.25) is 0 Å². The van der Waals surface area contributed by atoms with Crippen molar-refractivity contribution in [1.29, 1.82) is 0 Å². The SMILES string of the molecule is CSc1ccccc1-c1nccs1. The van der Waals surface area contributed by atoms with Gasteiger partial charge in [0.15, 0.2) is 0 Å². The third kappa shape index (κ3) is 1.76. The van der Waals surface area contributed by atoms with Crippen molar-refractivity contribution >= 4 is 23.1 Å². The van der Waals surface area contributed by atoms with Gasteiger partial charge in [0.05, 0.1) is 0 Å². The Bertz CT molecular complexity index is 382. The van der Waals surface area contributed by atoms with Crippen LogP contribution in [0.4, 0.5) is 0 Å². The third-order valence-corrected chi connectivity index (χ3v) is 3.37. The van der Waals surface area contributed by atoms with Crippen molar-refractivity contribution in [3.05, 3.63) is 35.8 Å². The number of thioether (sulfide) groups is 1. The second-order valence-corrected chi connectivity index (χ2v) is 4.28. The number of rotatable bonds is 2. The smallest absolute Gasteiger partial charge is 0.124 e. The minimum absolute atomic E-state index is 1.10. The summed E-state index contributed by atoms with van der Waals surface area (Å²) in [6.07, 6.45) is 3.93. The summed E-state index contributed by atoms with van der Waals surface area (Å²) in [6.45, 7) is 0. The van der Waals surface area contributed by atoms with Gasteiger partial charge in [-0.05, 0) is 12.3 Å². The van der Waals surface area contributed by atoms with Gasteiger partial charge in [-0.2, -0.15) is 0 Å². The van der Waals surface area contributed by atoms with Crippen molar-refractivity contribution in [3.8, 4) is 10.6 Å². The number of aromatic nitrogens is 1. The molecular weight excluding hydrogens is 198 g/mol. The maximum Gasteiger partial charge on any atom is 0.124 e. The van der Waals surface area contributed by atoms with Gasteiger partial charge in [0.1, 0.15) is 5.01 Å². The Hall–Kier alpha value is -0.800. The zero-order valence-electron chi connectivity index (χ0n) is 7.23. The summed E-state index contributed by atoms with van der Waals surface area (Å²) in [7, 11) is 0. The molecule has 0 aliphatic heterocycles. The van der Waals surface area contributed by atoms with Gasteiger partial charge in [-0.25, -0.2) is 4.98 Å². The van der Waals surface area contributed by atoms with Crippen molar-refractivity contribution in [2.75, 3.05) is 6.26 Å². The predicted octanol–water partition coefficient (Wildman–Crippen LogP) is 3.53. The Balaban J connectivity index is 2.51. The standard InChI is InChI=1S/C10H9NS2/c1-12-9-5-3-2-4-8(9)10-11-6-7-13-10/h2-7H,1H3. The minimum atomic E-state index is 1.10. The monoisotopic (exact) mass is 207 g/mol. The molecule has 1 aromatic heterocycles. The molecule has 0 atom stereocenters. The third-order valence-electron chi connectivity index (χ3n) is 1.77. The number of benzene rings is 1.